The lowest BCUT2D eigenvalue weighted by Gasteiger charge is -2.55. The summed E-state index contributed by atoms with van der Waals surface area (Å²) < 4.78 is 6.73. The summed E-state index contributed by atoms with van der Waals surface area (Å²) in [5.74, 6) is 4.03. The van der Waals surface area contributed by atoms with E-state index in [-0.39, 0.29) is 10.8 Å². The number of hydrogen-bond donors (Lipinski definition) is 0. The standard InChI is InChI=1S/C22H34O3Si/c1-21-10-9-17-15(16(21)7-8-19(21)24)6-5-13-11-14(23)12-18-20(22(13,17)18)25-26(2,3)4/h13,15-18,20H,5-12H2,1-4H3/t13-,15-,16-,17-,18-,20+,21-,22?/m0/s1. The van der Waals surface area contributed by atoms with E-state index in [2.05, 4.69) is 26.6 Å². The highest BCUT2D eigenvalue weighted by Gasteiger charge is 2.77. The second-order valence-electron chi connectivity index (χ2n) is 11.3. The van der Waals surface area contributed by atoms with Crippen molar-refractivity contribution in [1.82, 2.24) is 0 Å². The van der Waals surface area contributed by atoms with Gasteiger partial charge in [-0.2, -0.15) is 0 Å². The molecule has 5 aliphatic carbocycles. The molecule has 5 rings (SSSR count). The number of Topliss-reactive ketones (excluding diaryl/α,β-unsaturated/α-hetero) is 2. The molecule has 0 aromatic rings. The molecule has 0 aromatic carbocycles. The van der Waals surface area contributed by atoms with Gasteiger partial charge in [-0.3, -0.25) is 9.59 Å². The van der Waals surface area contributed by atoms with Gasteiger partial charge in [0.05, 0.1) is 6.10 Å². The van der Waals surface area contributed by atoms with Crippen molar-refractivity contribution in [3.05, 3.63) is 0 Å². The first-order chi connectivity index (χ1) is 12.2. The van der Waals surface area contributed by atoms with Gasteiger partial charge in [0.25, 0.3) is 0 Å². The Morgan fingerprint density at radius 1 is 0.962 bits per heavy atom. The maximum Gasteiger partial charge on any atom is 0.184 e. The van der Waals surface area contributed by atoms with Crippen molar-refractivity contribution < 1.29 is 14.0 Å². The Bertz CT molecular complexity index is 667. The Morgan fingerprint density at radius 3 is 2.46 bits per heavy atom. The number of hydrogen-bond acceptors (Lipinski definition) is 3. The van der Waals surface area contributed by atoms with Crippen LogP contribution in [0.2, 0.25) is 19.6 Å². The average Bonchev–Trinajstić information content (AvgIpc) is 3.03. The van der Waals surface area contributed by atoms with Crippen LogP contribution in [0.1, 0.15) is 58.3 Å². The molecule has 5 fully saturated rings. The van der Waals surface area contributed by atoms with Gasteiger partial charge in [-0.1, -0.05) is 6.92 Å². The Hall–Kier alpha value is -0.483. The summed E-state index contributed by atoms with van der Waals surface area (Å²) in [4.78, 5) is 25.0. The Labute approximate surface area is 158 Å². The van der Waals surface area contributed by atoms with Crippen LogP contribution in [0.5, 0.6) is 0 Å². The molecule has 0 aliphatic heterocycles. The van der Waals surface area contributed by atoms with Gasteiger partial charge in [-0.25, -0.2) is 0 Å². The van der Waals surface area contributed by atoms with Gasteiger partial charge < -0.3 is 4.43 Å². The monoisotopic (exact) mass is 374 g/mol. The first-order valence-electron chi connectivity index (χ1n) is 10.9. The summed E-state index contributed by atoms with van der Waals surface area (Å²) >= 11 is 0. The molecule has 1 spiro atoms. The number of rotatable bonds is 2. The van der Waals surface area contributed by atoms with Crippen molar-refractivity contribution in [3.63, 3.8) is 0 Å². The van der Waals surface area contributed by atoms with Gasteiger partial charge in [-0.15, -0.1) is 0 Å². The van der Waals surface area contributed by atoms with Gasteiger partial charge in [0.15, 0.2) is 8.32 Å². The van der Waals surface area contributed by atoms with E-state index in [0.29, 0.717) is 47.3 Å². The zero-order valence-corrected chi connectivity index (χ0v) is 17.8. The molecule has 5 saturated carbocycles. The third-order valence-electron chi connectivity index (χ3n) is 9.14. The maximum absolute atomic E-state index is 12.6. The second kappa shape index (κ2) is 5.31. The maximum atomic E-state index is 12.6. The molecule has 0 N–H and O–H groups in total. The van der Waals surface area contributed by atoms with E-state index >= 15 is 0 Å². The third kappa shape index (κ3) is 2.15. The van der Waals surface area contributed by atoms with Crippen LogP contribution in [0.4, 0.5) is 0 Å². The molecule has 0 amide bonds. The van der Waals surface area contributed by atoms with Crippen molar-refractivity contribution in [2.24, 2.45) is 40.4 Å². The number of ketones is 2. The SMILES string of the molecule is C[C@]12CC[C@H]3[C@@H](CC[C@H]4CC(=O)C[C@H]5[C@@H](O[Si](C)(C)C)C435)[C@@H]1CCC2=O. The minimum absolute atomic E-state index is 0.0470. The fourth-order valence-corrected chi connectivity index (χ4v) is 9.38. The minimum Gasteiger partial charge on any atom is -0.414 e. The van der Waals surface area contributed by atoms with Crippen LogP contribution in [0, 0.1) is 40.4 Å². The quantitative estimate of drug-likeness (QED) is 0.663. The third-order valence-corrected chi connectivity index (χ3v) is 10.1. The highest BCUT2D eigenvalue weighted by Crippen LogP contribution is 2.77. The summed E-state index contributed by atoms with van der Waals surface area (Å²) in [5, 5.41) is 0. The molecule has 0 aromatic heterocycles. The molecule has 144 valence electrons. The lowest BCUT2D eigenvalue weighted by molar-refractivity contribution is -0.136. The first kappa shape index (κ1) is 17.6. The predicted molar refractivity (Wildman–Crippen MR) is 103 cm³/mol. The van der Waals surface area contributed by atoms with Crippen molar-refractivity contribution in [3.8, 4) is 0 Å². The molecule has 1 unspecified atom stereocenters. The van der Waals surface area contributed by atoms with Crippen LogP contribution in [0.3, 0.4) is 0 Å². The Kier molecular flexibility index (Phi) is 3.60. The molecule has 4 heteroatoms. The van der Waals surface area contributed by atoms with E-state index in [0.717, 1.165) is 32.1 Å². The van der Waals surface area contributed by atoms with Gasteiger partial charge in [0.1, 0.15) is 11.6 Å². The summed E-state index contributed by atoms with van der Waals surface area (Å²) in [6.07, 6.45) is 8.50. The summed E-state index contributed by atoms with van der Waals surface area (Å²) in [5.41, 5.74) is 0.235. The van der Waals surface area contributed by atoms with E-state index in [1.54, 1.807) is 0 Å². The normalized spacial score (nSPS) is 52.8. The van der Waals surface area contributed by atoms with Gasteiger partial charge >= 0.3 is 0 Å². The number of fused-ring (bicyclic) bond motifs is 3. The van der Waals surface area contributed by atoms with Crippen LogP contribution < -0.4 is 0 Å². The molecule has 0 saturated heterocycles. The highest BCUT2D eigenvalue weighted by molar-refractivity contribution is 6.69. The molecule has 0 bridgehead atoms. The molecule has 0 radical (unpaired) electrons. The Balaban J connectivity index is 1.50. The van der Waals surface area contributed by atoms with E-state index in [1.807, 2.05) is 0 Å². The average molecular weight is 375 g/mol. The molecule has 5 aliphatic rings. The van der Waals surface area contributed by atoms with Crippen LogP contribution in [-0.2, 0) is 14.0 Å². The van der Waals surface area contributed by atoms with E-state index < -0.39 is 8.32 Å². The van der Waals surface area contributed by atoms with Crippen LogP contribution in [0.25, 0.3) is 0 Å². The van der Waals surface area contributed by atoms with Crippen LogP contribution in [0.15, 0.2) is 0 Å². The van der Waals surface area contributed by atoms with E-state index in [4.69, 9.17) is 4.43 Å². The first-order valence-corrected chi connectivity index (χ1v) is 14.3. The zero-order valence-electron chi connectivity index (χ0n) is 16.8. The molecular weight excluding hydrogens is 340 g/mol. The fourth-order valence-electron chi connectivity index (χ4n) is 8.25. The molecule has 8 atom stereocenters. The molecule has 0 heterocycles. The highest BCUT2D eigenvalue weighted by atomic mass is 28.4. The van der Waals surface area contributed by atoms with Crippen molar-refractivity contribution in [2.45, 2.75) is 84.0 Å². The zero-order chi connectivity index (χ0) is 18.5. The van der Waals surface area contributed by atoms with E-state index in [1.165, 1.54) is 19.3 Å². The number of carbonyl (C=O) groups is 2. The summed E-state index contributed by atoms with van der Waals surface area (Å²) in [7, 11) is -1.62. The van der Waals surface area contributed by atoms with Gasteiger partial charge in [-0.05, 0) is 81.3 Å². The number of carbonyl (C=O) groups excluding carboxylic acids is 2. The van der Waals surface area contributed by atoms with Crippen molar-refractivity contribution in [2.75, 3.05) is 0 Å². The summed E-state index contributed by atoms with van der Waals surface area (Å²) in [6, 6.07) is 0. The smallest absolute Gasteiger partial charge is 0.184 e. The molecule has 3 nitrogen and oxygen atoms in total. The van der Waals surface area contributed by atoms with Crippen LogP contribution >= 0.6 is 0 Å². The summed E-state index contributed by atoms with van der Waals surface area (Å²) in [6.45, 7) is 9.13. The molecular formula is C22H34O3Si. The topological polar surface area (TPSA) is 43.4 Å². The fraction of sp³-hybridized carbons (Fsp3) is 0.909. The predicted octanol–water partition coefficient (Wildman–Crippen LogP) is 4.61. The molecule has 26 heavy (non-hydrogen) atoms. The lowest BCUT2D eigenvalue weighted by Crippen LogP contribution is -2.51. The largest absolute Gasteiger partial charge is 0.414 e. The lowest BCUT2D eigenvalue weighted by atomic mass is 9.49. The van der Waals surface area contributed by atoms with Crippen molar-refractivity contribution in [1.29, 1.82) is 0 Å². The van der Waals surface area contributed by atoms with Gasteiger partial charge in [0, 0.05) is 30.1 Å². The minimum atomic E-state index is -1.62. The Morgan fingerprint density at radius 2 is 1.73 bits per heavy atom. The van der Waals surface area contributed by atoms with E-state index in [9.17, 15) is 9.59 Å². The second-order valence-corrected chi connectivity index (χ2v) is 15.7. The van der Waals surface area contributed by atoms with Crippen LogP contribution in [-0.4, -0.2) is 26.0 Å². The van der Waals surface area contributed by atoms with Gasteiger partial charge in [0.2, 0.25) is 0 Å². The van der Waals surface area contributed by atoms with Crippen molar-refractivity contribution >= 4 is 19.9 Å².